The number of hydrogen-bond acceptors (Lipinski definition) is 5. The van der Waals surface area contributed by atoms with Crippen molar-refractivity contribution in [1.82, 2.24) is 10.2 Å². The summed E-state index contributed by atoms with van der Waals surface area (Å²) in [5.41, 5.74) is 0.596. The van der Waals surface area contributed by atoms with Gasteiger partial charge in [0.15, 0.2) is 5.78 Å². The highest BCUT2D eigenvalue weighted by molar-refractivity contribution is 6.10. The zero-order chi connectivity index (χ0) is 21.8. The molecule has 0 saturated carbocycles. The maximum atomic E-state index is 13.3. The first-order valence-electron chi connectivity index (χ1n) is 9.79. The third-order valence-corrected chi connectivity index (χ3v) is 6.10. The number of nitrogens with one attached hydrogen (secondary N) is 1. The van der Waals surface area contributed by atoms with E-state index in [1.165, 1.54) is 35.3 Å². The predicted octanol–water partition coefficient (Wildman–Crippen LogP) is 2.33. The number of nitrogens with zero attached hydrogens (tertiary/aromatic N) is 2. The lowest BCUT2D eigenvalue weighted by Crippen LogP contribution is -2.69. The van der Waals surface area contributed by atoms with E-state index in [0.29, 0.717) is 11.1 Å². The second-order valence-electron chi connectivity index (χ2n) is 7.78. The molecular weight excluding hydrogens is 398 g/mol. The highest BCUT2D eigenvalue weighted by atomic mass is 16.6. The van der Waals surface area contributed by atoms with Gasteiger partial charge in [-0.1, -0.05) is 42.5 Å². The minimum Gasteiger partial charge on any atom is -0.348 e. The molecule has 5 rings (SSSR count). The zero-order valence-electron chi connectivity index (χ0n) is 16.2. The molecule has 2 aromatic rings. The monoisotopic (exact) mass is 415 g/mol. The van der Waals surface area contributed by atoms with Gasteiger partial charge in [-0.2, -0.15) is 0 Å². The Morgan fingerprint density at radius 2 is 1.84 bits per heavy atom. The lowest BCUT2D eigenvalue weighted by Gasteiger charge is -2.52. The summed E-state index contributed by atoms with van der Waals surface area (Å²) < 4.78 is 0. The molecule has 0 aromatic heterocycles. The van der Waals surface area contributed by atoms with Gasteiger partial charge in [-0.25, -0.2) is 0 Å². The smallest absolute Gasteiger partial charge is 0.269 e. The first kappa shape index (κ1) is 18.9. The van der Waals surface area contributed by atoms with Gasteiger partial charge < -0.3 is 10.2 Å². The lowest BCUT2D eigenvalue weighted by molar-refractivity contribution is -0.384. The molecule has 0 radical (unpaired) electrons. The van der Waals surface area contributed by atoms with Crippen LogP contribution in [0.25, 0.3) is 5.57 Å². The van der Waals surface area contributed by atoms with E-state index in [1.54, 1.807) is 12.1 Å². The van der Waals surface area contributed by atoms with Crippen molar-refractivity contribution in [3.63, 3.8) is 0 Å². The summed E-state index contributed by atoms with van der Waals surface area (Å²) in [5, 5.41) is 14.2. The number of benzene rings is 2. The molecule has 2 heterocycles. The number of non-ortho nitro benzene ring substituents is 1. The van der Waals surface area contributed by atoms with Gasteiger partial charge in [0, 0.05) is 24.6 Å². The molecule has 2 aromatic carbocycles. The number of rotatable bonds is 3. The average molecular weight is 415 g/mol. The van der Waals surface area contributed by atoms with Crippen LogP contribution in [0.1, 0.15) is 23.6 Å². The molecular formula is C23H17N3O5. The molecule has 1 spiro atoms. The summed E-state index contributed by atoms with van der Waals surface area (Å²) >= 11 is 0. The van der Waals surface area contributed by atoms with Crippen molar-refractivity contribution in [1.29, 1.82) is 0 Å². The highest BCUT2D eigenvalue weighted by Gasteiger charge is 2.60. The first-order chi connectivity index (χ1) is 14.9. The van der Waals surface area contributed by atoms with Crippen molar-refractivity contribution in [2.24, 2.45) is 0 Å². The van der Waals surface area contributed by atoms with Crippen molar-refractivity contribution < 1.29 is 19.3 Å². The second kappa shape index (κ2) is 6.73. The number of hydrogen-bond donors (Lipinski definition) is 1. The van der Waals surface area contributed by atoms with E-state index in [0.717, 1.165) is 5.56 Å². The Morgan fingerprint density at radius 3 is 2.58 bits per heavy atom. The molecule has 1 aliphatic carbocycles. The third-order valence-electron chi connectivity index (χ3n) is 6.10. The number of nitro groups is 1. The summed E-state index contributed by atoms with van der Waals surface area (Å²) in [6.07, 6.45) is 4.67. The minimum absolute atomic E-state index is 0.0534. The van der Waals surface area contributed by atoms with Gasteiger partial charge in [0.1, 0.15) is 11.6 Å². The Bertz CT molecular complexity index is 1200. The fourth-order valence-corrected chi connectivity index (χ4v) is 4.82. The predicted molar refractivity (Wildman–Crippen MR) is 111 cm³/mol. The summed E-state index contributed by atoms with van der Waals surface area (Å²) in [7, 11) is 0. The van der Waals surface area contributed by atoms with Crippen molar-refractivity contribution in [2.45, 2.75) is 24.0 Å². The zero-order valence-corrected chi connectivity index (χ0v) is 16.2. The van der Waals surface area contributed by atoms with Crippen LogP contribution in [0.15, 0.2) is 72.8 Å². The van der Waals surface area contributed by atoms with Gasteiger partial charge in [0.2, 0.25) is 11.8 Å². The molecule has 2 aliphatic heterocycles. The highest BCUT2D eigenvalue weighted by Crippen LogP contribution is 2.50. The molecule has 2 amide bonds. The SMILES string of the molecule is O=C1C=C[C@]23C(c4ccccc4)=CC(=O)N2[C@H](c2cccc([N+](=O)[O-])c2)C(=O)N[C@@H]3C1. The van der Waals surface area contributed by atoms with E-state index < -0.39 is 28.5 Å². The first-order valence-corrected chi connectivity index (χ1v) is 9.79. The molecule has 1 saturated heterocycles. The van der Waals surface area contributed by atoms with E-state index in [1.807, 2.05) is 30.3 Å². The van der Waals surface area contributed by atoms with Gasteiger partial charge >= 0.3 is 0 Å². The average Bonchev–Trinajstić information content (AvgIpc) is 3.06. The third kappa shape index (κ3) is 2.72. The van der Waals surface area contributed by atoms with E-state index in [9.17, 15) is 24.5 Å². The summed E-state index contributed by atoms with van der Waals surface area (Å²) in [4.78, 5) is 50.8. The molecule has 8 heteroatoms. The maximum Gasteiger partial charge on any atom is 0.269 e. The van der Waals surface area contributed by atoms with E-state index in [4.69, 9.17) is 0 Å². The molecule has 1 fully saturated rings. The van der Waals surface area contributed by atoms with Crippen LogP contribution in [-0.4, -0.2) is 39.0 Å². The number of allylic oxidation sites excluding steroid dienone is 1. The van der Waals surface area contributed by atoms with E-state index in [-0.39, 0.29) is 23.8 Å². The van der Waals surface area contributed by atoms with Crippen molar-refractivity contribution >= 4 is 28.9 Å². The Labute approximate surface area is 177 Å². The molecule has 1 N–H and O–H groups in total. The van der Waals surface area contributed by atoms with Crippen LogP contribution in [-0.2, 0) is 14.4 Å². The minimum atomic E-state index is -1.07. The van der Waals surface area contributed by atoms with Crippen LogP contribution in [0.2, 0.25) is 0 Å². The van der Waals surface area contributed by atoms with Gasteiger partial charge in [0.05, 0.1) is 11.0 Å². The summed E-state index contributed by atoms with van der Waals surface area (Å²) in [6.45, 7) is 0. The van der Waals surface area contributed by atoms with E-state index in [2.05, 4.69) is 5.32 Å². The number of piperazine rings is 1. The molecule has 8 nitrogen and oxygen atoms in total. The number of ketones is 1. The Hall–Kier alpha value is -4.07. The van der Waals surface area contributed by atoms with Crippen LogP contribution in [0.5, 0.6) is 0 Å². The van der Waals surface area contributed by atoms with Crippen LogP contribution in [0, 0.1) is 10.1 Å². The Morgan fingerprint density at radius 1 is 1.06 bits per heavy atom. The summed E-state index contributed by atoms with van der Waals surface area (Å²) in [6, 6.07) is 13.3. The number of amides is 2. The number of carbonyl (C=O) groups excluding carboxylic acids is 3. The van der Waals surface area contributed by atoms with Crippen LogP contribution in [0.4, 0.5) is 5.69 Å². The maximum absolute atomic E-state index is 13.3. The quantitative estimate of drug-likeness (QED) is 0.611. The molecule has 3 atom stereocenters. The van der Waals surface area contributed by atoms with Crippen molar-refractivity contribution in [3.05, 3.63) is 94.1 Å². The molecule has 0 unspecified atom stereocenters. The van der Waals surface area contributed by atoms with Crippen LogP contribution < -0.4 is 5.32 Å². The van der Waals surface area contributed by atoms with Crippen molar-refractivity contribution in [3.8, 4) is 0 Å². The van der Waals surface area contributed by atoms with Crippen LogP contribution >= 0.6 is 0 Å². The summed E-state index contributed by atoms with van der Waals surface area (Å²) in [5.74, 6) is -0.995. The lowest BCUT2D eigenvalue weighted by atomic mass is 9.72. The molecule has 0 bridgehead atoms. The Balaban J connectivity index is 1.71. The Kier molecular flexibility index (Phi) is 4.11. The number of carbonyl (C=O) groups is 3. The second-order valence-corrected chi connectivity index (χ2v) is 7.78. The topological polar surface area (TPSA) is 110 Å². The molecule has 154 valence electrons. The van der Waals surface area contributed by atoms with E-state index >= 15 is 0 Å². The van der Waals surface area contributed by atoms with Gasteiger partial charge in [-0.15, -0.1) is 0 Å². The van der Waals surface area contributed by atoms with Crippen LogP contribution in [0.3, 0.4) is 0 Å². The van der Waals surface area contributed by atoms with Gasteiger partial charge in [-0.05, 0) is 28.9 Å². The van der Waals surface area contributed by atoms with Gasteiger partial charge in [0.25, 0.3) is 5.69 Å². The largest absolute Gasteiger partial charge is 0.348 e. The fourth-order valence-electron chi connectivity index (χ4n) is 4.82. The fraction of sp³-hybridized carbons (Fsp3) is 0.174. The van der Waals surface area contributed by atoms with Crippen molar-refractivity contribution in [2.75, 3.05) is 0 Å². The normalized spacial score (nSPS) is 26.8. The van der Waals surface area contributed by atoms with Gasteiger partial charge in [-0.3, -0.25) is 24.5 Å². The molecule has 3 aliphatic rings. The molecule has 31 heavy (non-hydrogen) atoms. The number of nitro benzene ring substituents is 1. The standard InChI is InChI=1S/C23H17N3O5/c27-17-9-10-23-18(14-5-2-1-3-6-14)13-20(28)25(23)21(22(29)24-19(23)12-17)15-7-4-8-16(11-15)26(30)31/h1-11,13,19,21H,12H2,(H,24,29)/t19-,21-,23-/m1/s1.